The van der Waals surface area contributed by atoms with Crippen LogP contribution in [0.25, 0.3) is 17.5 Å². The molecule has 4 rings (SSSR count). The molecule has 0 bridgehead atoms. The molecule has 1 N–H and O–H groups in total. The van der Waals surface area contributed by atoms with Gasteiger partial charge in [0, 0.05) is 24.2 Å². The van der Waals surface area contributed by atoms with Gasteiger partial charge in [-0.25, -0.2) is 9.18 Å². The molecule has 0 radical (unpaired) electrons. The Kier molecular flexibility index (Phi) is 5.81. The number of piperidine rings is 1. The van der Waals surface area contributed by atoms with Crippen molar-refractivity contribution in [2.45, 2.75) is 13.3 Å². The van der Waals surface area contributed by atoms with Crippen molar-refractivity contribution in [1.82, 2.24) is 15.1 Å². The van der Waals surface area contributed by atoms with Crippen molar-refractivity contribution in [3.05, 3.63) is 70.5 Å². The van der Waals surface area contributed by atoms with E-state index in [0.717, 1.165) is 11.1 Å². The molecule has 0 saturated carbocycles. The molecule has 2 heterocycles. The zero-order valence-corrected chi connectivity index (χ0v) is 17.1. The van der Waals surface area contributed by atoms with Crippen LogP contribution in [0.1, 0.15) is 18.9 Å². The predicted octanol–water partition coefficient (Wildman–Crippen LogP) is 5.49. The first-order chi connectivity index (χ1) is 14.5. The van der Waals surface area contributed by atoms with Crippen molar-refractivity contribution in [2.24, 2.45) is 5.92 Å². The molecule has 0 aliphatic carbocycles. The topological polar surface area (TPSA) is 71.3 Å². The van der Waals surface area contributed by atoms with Gasteiger partial charge in [0.05, 0.1) is 5.02 Å². The number of benzene rings is 2. The molecule has 2 aromatic carbocycles. The largest absolute Gasteiger partial charge is 0.403 e. The highest BCUT2D eigenvalue weighted by Crippen LogP contribution is 2.28. The Morgan fingerprint density at radius 2 is 2.03 bits per heavy atom. The number of likely N-dealkylation sites (tertiary alicyclic amines) is 1. The Balaban J connectivity index is 1.40. The van der Waals surface area contributed by atoms with Gasteiger partial charge in [0.25, 0.3) is 0 Å². The SMILES string of the molecule is CC1CN(C(=O)Nc2nnc(-c3ccccc3)o2)CCC1=Cc1cccc(Cl)c1F. The molecule has 8 heteroatoms. The molecular weight excluding hydrogens is 407 g/mol. The molecule has 154 valence electrons. The van der Waals surface area contributed by atoms with E-state index >= 15 is 0 Å². The minimum absolute atomic E-state index is 0.0499. The molecule has 1 unspecified atom stereocenters. The van der Waals surface area contributed by atoms with Gasteiger partial charge in [-0.05, 0) is 30.5 Å². The van der Waals surface area contributed by atoms with E-state index in [-0.39, 0.29) is 23.0 Å². The number of amides is 2. The maximum atomic E-state index is 14.2. The summed E-state index contributed by atoms with van der Waals surface area (Å²) >= 11 is 5.87. The number of rotatable bonds is 3. The molecule has 2 amide bonds. The van der Waals surface area contributed by atoms with Crippen LogP contribution in [0.4, 0.5) is 15.2 Å². The molecule has 0 spiro atoms. The number of carbonyl (C=O) groups excluding carboxylic acids is 1. The third-order valence-electron chi connectivity index (χ3n) is 5.07. The average Bonchev–Trinajstić information content (AvgIpc) is 3.22. The van der Waals surface area contributed by atoms with Crippen molar-refractivity contribution in [1.29, 1.82) is 0 Å². The van der Waals surface area contributed by atoms with Crippen molar-refractivity contribution >= 4 is 29.7 Å². The van der Waals surface area contributed by atoms with Gasteiger partial charge in [-0.2, -0.15) is 0 Å². The van der Waals surface area contributed by atoms with Crippen LogP contribution in [0.15, 0.2) is 58.5 Å². The van der Waals surface area contributed by atoms with Crippen LogP contribution in [0, 0.1) is 11.7 Å². The summed E-state index contributed by atoms with van der Waals surface area (Å²) in [5.41, 5.74) is 2.31. The number of nitrogens with zero attached hydrogens (tertiary/aromatic N) is 3. The summed E-state index contributed by atoms with van der Waals surface area (Å²) in [5, 5.41) is 10.6. The van der Waals surface area contributed by atoms with E-state index in [1.807, 2.05) is 43.3 Å². The van der Waals surface area contributed by atoms with E-state index in [1.54, 1.807) is 17.0 Å². The number of halogens is 2. The van der Waals surface area contributed by atoms with Crippen molar-refractivity contribution in [2.75, 3.05) is 18.4 Å². The third-order valence-corrected chi connectivity index (χ3v) is 5.36. The average molecular weight is 427 g/mol. The summed E-state index contributed by atoms with van der Waals surface area (Å²) < 4.78 is 19.7. The number of hydrogen-bond donors (Lipinski definition) is 1. The smallest absolute Gasteiger partial charge is 0.325 e. The molecule has 30 heavy (non-hydrogen) atoms. The van der Waals surface area contributed by atoms with Gasteiger partial charge in [0.15, 0.2) is 0 Å². The van der Waals surface area contributed by atoms with Crippen LogP contribution in [0.5, 0.6) is 0 Å². The van der Waals surface area contributed by atoms with Crippen LogP contribution in [-0.2, 0) is 0 Å². The first-order valence-electron chi connectivity index (χ1n) is 9.60. The monoisotopic (exact) mass is 426 g/mol. The van der Waals surface area contributed by atoms with Crippen LogP contribution in [-0.4, -0.2) is 34.2 Å². The fraction of sp³-hybridized carbons (Fsp3) is 0.227. The molecule has 6 nitrogen and oxygen atoms in total. The Hall–Kier alpha value is -3.19. The number of urea groups is 1. The van der Waals surface area contributed by atoms with Gasteiger partial charge in [0.2, 0.25) is 5.89 Å². The molecule has 1 aromatic heterocycles. The highest BCUT2D eigenvalue weighted by atomic mass is 35.5. The molecule has 1 aliphatic heterocycles. The predicted molar refractivity (Wildman–Crippen MR) is 113 cm³/mol. The first kappa shape index (κ1) is 20.1. The lowest BCUT2D eigenvalue weighted by molar-refractivity contribution is 0.197. The summed E-state index contributed by atoms with van der Waals surface area (Å²) in [5.74, 6) is -0.0122. The zero-order valence-electron chi connectivity index (χ0n) is 16.3. The Bertz CT molecular complexity index is 1080. The zero-order chi connectivity index (χ0) is 21.1. The maximum Gasteiger partial charge on any atom is 0.325 e. The molecule has 1 aliphatic rings. The fourth-order valence-electron chi connectivity index (χ4n) is 3.42. The highest BCUT2D eigenvalue weighted by molar-refractivity contribution is 6.30. The van der Waals surface area contributed by atoms with Crippen LogP contribution < -0.4 is 5.32 Å². The fourth-order valence-corrected chi connectivity index (χ4v) is 3.60. The minimum atomic E-state index is -0.426. The third kappa shape index (κ3) is 4.36. The normalized spacial score (nSPS) is 17.9. The summed E-state index contributed by atoms with van der Waals surface area (Å²) in [6, 6.07) is 14.0. The number of anilines is 1. The molecule has 1 atom stereocenters. The molecule has 1 fully saturated rings. The second-order valence-electron chi connectivity index (χ2n) is 7.17. The van der Waals surface area contributed by atoms with Gasteiger partial charge in [-0.1, -0.05) is 65.6 Å². The second-order valence-corrected chi connectivity index (χ2v) is 7.58. The summed E-state index contributed by atoms with van der Waals surface area (Å²) in [6.45, 7) is 3.01. The molecule has 3 aromatic rings. The van der Waals surface area contributed by atoms with Crippen LogP contribution in [0.3, 0.4) is 0 Å². The maximum absolute atomic E-state index is 14.2. The van der Waals surface area contributed by atoms with Crippen molar-refractivity contribution in [3.63, 3.8) is 0 Å². The summed E-state index contributed by atoms with van der Waals surface area (Å²) in [6.07, 6.45) is 2.46. The van der Waals surface area contributed by atoms with Gasteiger partial charge in [-0.3, -0.25) is 5.32 Å². The van der Waals surface area contributed by atoms with Gasteiger partial charge in [-0.15, -0.1) is 5.10 Å². The number of nitrogens with one attached hydrogen (secondary N) is 1. The molecule has 1 saturated heterocycles. The number of carbonyl (C=O) groups is 1. The van der Waals surface area contributed by atoms with E-state index in [9.17, 15) is 9.18 Å². The van der Waals surface area contributed by atoms with Gasteiger partial charge < -0.3 is 9.32 Å². The summed E-state index contributed by atoms with van der Waals surface area (Å²) in [4.78, 5) is 14.3. The Labute approximate surface area is 178 Å². The summed E-state index contributed by atoms with van der Waals surface area (Å²) in [7, 11) is 0. The first-order valence-corrected chi connectivity index (χ1v) is 9.98. The van der Waals surface area contributed by atoms with Crippen LogP contribution >= 0.6 is 11.6 Å². The van der Waals surface area contributed by atoms with E-state index in [1.165, 1.54) is 6.07 Å². The quantitative estimate of drug-likeness (QED) is 0.601. The van der Waals surface area contributed by atoms with Crippen molar-refractivity contribution in [3.8, 4) is 11.5 Å². The van der Waals surface area contributed by atoms with E-state index < -0.39 is 5.82 Å². The molecular formula is C22H20ClFN4O2. The van der Waals surface area contributed by atoms with E-state index in [2.05, 4.69) is 15.5 Å². The lowest BCUT2D eigenvalue weighted by Gasteiger charge is -2.32. The lowest BCUT2D eigenvalue weighted by Crippen LogP contribution is -2.42. The lowest BCUT2D eigenvalue weighted by atomic mass is 9.91. The van der Waals surface area contributed by atoms with Gasteiger partial charge in [0.1, 0.15) is 5.82 Å². The number of aromatic nitrogens is 2. The Morgan fingerprint density at radius 1 is 1.23 bits per heavy atom. The van der Waals surface area contributed by atoms with Crippen molar-refractivity contribution < 1.29 is 13.6 Å². The van der Waals surface area contributed by atoms with Gasteiger partial charge >= 0.3 is 12.0 Å². The second kappa shape index (κ2) is 8.67. The van der Waals surface area contributed by atoms with E-state index in [4.69, 9.17) is 16.0 Å². The highest BCUT2D eigenvalue weighted by Gasteiger charge is 2.26. The number of hydrogen-bond acceptors (Lipinski definition) is 4. The standard InChI is InChI=1S/C22H20ClFN4O2/c1-14-13-28(11-10-16(14)12-17-8-5-9-18(23)19(17)24)22(29)25-21-27-26-20(30-21)15-6-3-2-4-7-15/h2-9,12,14H,10-11,13H2,1H3,(H,25,27,29). The Morgan fingerprint density at radius 3 is 2.80 bits per heavy atom. The van der Waals surface area contributed by atoms with E-state index in [0.29, 0.717) is 31.0 Å². The van der Waals surface area contributed by atoms with Crippen LogP contribution in [0.2, 0.25) is 5.02 Å². The minimum Gasteiger partial charge on any atom is -0.403 e.